The van der Waals surface area contributed by atoms with Crippen molar-refractivity contribution in [1.29, 1.82) is 0 Å². The van der Waals surface area contributed by atoms with Crippen molar-refractivity contribution in [3.8, 4) is 0 Å². The van der Waals surface area contributed by atoms with E-state index < -0.39 is 77.4 Å². The molecular weight excluding hydrogens is 902 g/mol. The highest BCUT2D eigenvalue weighted by molar-refractivity contribution is 6.25. The van der Waals surface area contributed by atoms with E-state index in [1.54, 1.807) is 17.0 Å². The Morgan fingerprint density at radius 3 is 2.29 bits per heavy atom. The molecule has 18 nitrogen and oxygen atoms in total. The van der Waals surface area contributed by atoms with Gasteiger partial charge in [0.2, 0.25) is 23.7 Å². The van der Waals surface area contributed by atoms with Gasteiger partial charge in [-0.05, 0) is 62.4 Å². The second-order valence-corrected chi connectivity index (χ2v) is 18.0. The minimum Gasteiger partial charge on any atom is -0.368 e. The fourth-order valence-corrected chi connectivity index (χ4v) is 9.99. The Balaban J connectivity index is 0.785. The number of anilines is 5. The topological polar surface area (TPSA) is 201 Å². The number of fused-ring (bicyclic) bond motifs is 2. The third-order valence-corrected chi connectivity index (χ3v) is 13.7. The molecule has 3 N–H and O–H groups in total. The lowest BCUT2D eigenvalue weighted by Gasteiger charge is -2.38. The number of carbonyl (C=O) groups is 7. The molecule has 5 aliphatic heterocycles. The Morgan fingerprint density at radius 2 is 1.60 bits per heavy atom. The number of hydrogen-bond acceptors (Lipinski definition) is 13. The molecule has 6 aliphatic rings. The van der Waals surface area contributed by atoms with Crippen LogP contribution < -0.4 is 30.7 Å². The maximum atomic E-state index is 15.0. The fraction of sp³-hybridized carbons (Fsp3) is 0.489. The molecule has 2 aromatic carbocycles. The predicted molar refractivity (Wildman–Crippen MR) is 234 cm³/mol. The molecule has 9 rings (SSSR count). The number of halogens is 5. The Labute approximate surface area is 386 Å². The number of imide groups is 2. The van der Waals surface area contributed by atoms with Gasteiger partial charge in [-0.15, -0.1) is 0 Å². The van der Waals surface area contributed by atoms with E-state index in [0.717, 1.165) is 34.9 Å². The third kappa shape index (κ3) is 8.90. The fourth-order valence-electron chi connectivity index (χ4n) is 9.99. The van der Waals surface area contributed by atoms with E-state index in [0.29, 0.717) is 76.7 Å². The van der Waals surface area contributed by atoms with Crippen LogP contribution in [0.3, 0.4) is 0 Å². The van der Waals surface area contributed by atoms with Crippen molar-refractivity contribution >= 4 is 70.2 Å². The zero-order valence-electron chi connectivity index (χ0n) is 36.9. The monoisotopic (exact) mass is 949 g/mol. The van der Waals surface area contributed by atoms with Gasteiger partial charge in [-0.2, -0.15) is 26.9 Å². The summed E-state index contributed by atoms with van der Waals surface area (Å²) in [5.41, 5.74) is -1.02. The lowest BCUT2D eigenvalue weighted by molar-refractivity contribution is -0.140. The molecule has 0 spiro atoms. The van der Waals surface area contributed by atoms with Gasteiger partial charge in [-0.1, -0.05) is 18.9 Å². The van der Waals surface area contributed by atoms with Crippen LogP contribution in [0.25, 0.3) is 0 Å². The average molecular weight is 950 g/mol. The molecule has 1 atom stereocenters. The van der Waals surface area contributed by atoms with E-state index >= 15 is 8.78 Å². The van der Waals surface area contributed by atoms with Crippen molar-refractivity contribution in [2.75, 3.05) is 79.4 Å². The van der Waals surface area contributed by atoms with Gasteiger partial charge in [-0.25, -0.2) is 4.98 Å². The molecule has 1 aliphatic carbocycles. The molecule has 1 aromatic heterocycles. The minimum atomic E-state index is -4.93. The molecule has 0 radical (unpaired) electrons. The van der Waals surface area contributed by atoms with E-state index in [4.69, 9.17) is 0 Å². The van der Waals surface area contributed by atoms with E-state index in [1.807, 2.05) is 9.80 Å². The van der Waals surface area contributed by atoms with E-state index in [9.17, 15) is 46.7 Å². The number of hydrogen-bond donors (Lipinski definition) is 3. The number of rotatable bonds is 9. The molecule has 0 bridgehead atoms. The number of likely N-dealkylation sites (tertiary alicyclic amines) is 1. The third-order valence-electron chi connectivity index (χ3n) is 13.7. The first kappa shape index (κ1) is 46.3. The second-order valence-electron chi connectivity index (χ2n) is 18.0. The zero-order valence-corrected chi connectivity index (χ0v) is 36.9. The van der Waals surface area contributed by atoms with Crippen LogP contribution in [0.1, 0.15) is 88.0 Å². The van der Waals surface area contributed by atoms with E-state index in [-0.39, 0.29) is 65.5 Å². The molecule has 4 fully saturated rings. The number of piperidine rings is 2. The number of amides is 7. The normalized spacial score (nSPS) is 21.8. The first-order chi connectivity index (χ1) is 32.4. The van der Waals surface area contributed by atoms with Crippen LogP contribution in [0.5, 0.6) is 0 Å². The number of alkyl halides is 5. The molecule has 68 heavy (non-hydrogen) atoms. The molecule has 6 heterocycles. The van der Waals surface area contributed by atoms with Crippen molar-refractivity contribution in [2.24, 2.45) is 0 Å². The smallest absolute Gasteiger partial charge is 0.368 e. The van der Waals surface area contributed by atoms with Gasteiger partial charge in [0.15, 0.2) is 5.82 Å². The predicted octanol–water partition coefficient (Wildman–Crippen LogP) is 3.54. The van der Waals surface area contributed by atoms with Crippen molar-refractivity contribution in [1.82, 2.24) is 35.3 Å². The van der Waals surface area contributed by atoms with Crippen LogP contribution in [-0.4, -0.2) is 149 Å². The number of nitrogens with zero attached hydrogens (tertiary/aromatic N) is 8. The SMILES string of the molecule is CN1C(=O)C(F)(F)CN(C2CCCC2)c2nc(Nc3ccc(C(=O)NC4CCN(C(=O)CN5CCN(c6cccc7c6C(=O)N(C6CCC(=O)NC6=O)C7=O)CC5)CC4)cc3C(F)(F)F)ncc21. The molecule has 7 amide bonds. The molecule has 3 aromatic rings. The maximum Gasteiger partial charge on any atom is 0.418 e. The van der Waals surface area contributed by atoms with Gasteiger partial charge in [0.1, 0.15) is 11.7 Å². The lowest BCUT2D eigenvalue weighted by Crippen LogP contribution is -2.54. The van der Waals surface area contributed by atoms with Gasteiger partial charge >= 0.3 is 12.1 Å². The van der Waals surface area contributed by atoms with Crippen molar-refractivity contribution in [3.63, 3.8) is 0 Å². The molecule has 23 heteroatoms. The van der Waals surface area contributed by atoms with Gasteiger partial charge in [-0.3, -0.25) is 48.7 Å². The van der Waals surface area contributed by atoms with Gasteiger partial charge in [0.25, 0.3) is 23.6 Å². The van der Waals surface area contributed by atoms with Crippen LogP contribution in [-0.2, 0) is 25.4 Å². The van der Waals surface area contributed by atoms with Gasteiger partial charge in [0, 0.05) is 70.4 Å². The summed E-state index contributed by atoms with van der Waals surface area (Å²) in [5, 5.41) is 7.55. The first-order valence-corrected chi connectivity index (χ1v) is 22.6. The lowest BCUT2D eigenvalue weighted by atomic mass is 10.0. The zero-order chi connectivity index (χ0) is 48.2. The Bertz CT molecular complexity index is 2570. The summed E-state index contributed by atoms with van der Waals surface area (Å²) in [7, 11) is 1.17. The average Bonchev–Trinajstić information content (AvgIpc) is 3.92. The number of nitrogens with one attached hydrogen (secondary N) is 3. The van der Waals surface area contributed by atoms with Crippen LogP contribution in [0, 0.1) is 0 Å². The summed E-state index contributed by atoms with van der Waals surface area (Å²) < 4.78 is 73.7. The van der Waals surface area contributed by atoms with E-state index in [2.05, 4.69) is 25.9 Å². The molecule has 360 valence electrons. The van der Waals surface area contributed by atoms with Crippen LogP contribution >= 0.6 is 0 Å². The molecular formula is C45H48F5N11O7. The number of carbonyl (C=O) groups excluding carboxylic acids is 7. The van der Waals surface area contributed by atoms with Crippen molar-refractivity contribution in [2.45, 2.75) is 81.6 Å². The van der Waals surface area contributed by atoms with E-state index in [1.165, 1.54) is 24.1 Å². The summed E-state index contributed by atoms with van der Waals surface area (Å²) in [6.45, 7) is 1.59. The quantitative estimate of drug-likeness (QED) is 0.208. The first-order valence-electron chi connectivity index (χ1n) is 22.6. The highest BCUT2D eigenvalue weighted by atomic mass is 19.4. The highest BCUT2D eigenvalue weighted by Gasteiger charge is 2.50. The van der Waals surface area contributed by atoms with Crippen LogP contribution in [0.15, 0.2) is 42.6 Å². The van der Waals surface area contributed by atoms with Crippen LogP contribution in [0.2, 0.25) is 0 Å². The Morgan fingerprint density at radius 1 is 0.882 bits per heavy atom. The Kier molecular flexibility index (Phi) is 12.3. The standard InChI is InChI=1S/C45H48F5N11O7/c1-56-33-22-51-43(55-37(33)60(27-5-2-3-6-27)24-44(46,47)42(56)68)53-30-10-9-25(21-29(30)45(48,49)50)38(64)52-26-13-15-59(16-14-26)35(63)23-57-17-19-58(20-18-57)31-8-4-7-28-36(31)41(67)61(40(28)66)32-11-12-34(62)54-39(32)65/h4,7-10,21-22,26-27,32H,2-3,5-6,11-20,23-24H2,1H3,(H,52,64)(H,51,53,55)(H,54,62,65). The largest absolute Gasteiger partial charge is 0.418 e. The summed E-state index contributed by atoms with van der Waals surface area (Å²) >= 11 is 0. The summed E-state index contributed by atoms with van der Waals surface area (Å²) in [6, 6.07) is 6.06. The highest BCUT2D eigenvalue weighted by Crippen LogP contribution is 2.41. The summed E-state index contributed by atoms with van der Waals surface area (Å²) in [4.78, 5) is 108. The Hall–Kier alpha value is -6.78. The van der Waals surface area contributed by atoms with Gasteiger partial charge < -0.3 is 30.2 Å². The molecule has 1 unspecified atom stereocenters. The molecule has 1 saturated carbocycles. The van der Waals surface area contributed by atoms with Crippen molar-refractivity contribution < 1.29 is 55.5 Å². The minimum absolute atomic E-state index is 0.00502. The van der Waals surface area contributed by atoms with Crippen LogP contribution in [0.4, 0.5) is 50.8 Å². The summed E-state index contributed by atoms with van der Waals surface area (Å²) in [6.07, 6.45) is -0.319. The number of aromatic nitrogens is 2. The number of piperazine rings is 1. The van der Waals surface area contributed by atoms with Gasteiger partial charge in [0.05, 0.1) is 47.4 Å². The second kappa shape index (κ2) is 18.0. The number of benzene rings is 2. The molecule has 3 saturated heterocycles. The maximum absolute atomic E-state index is 15.0. The van der Waals surface area contributed by atoms with Crippen molar-refractivity contribution in [3.05, 3.63) is 64.8 Å². The summed E-state index contributed by atoms with van der Waals surface area (Å²) in [5.74, 6) is -8.74.